The molecule has 1 heterocycles. The Kier molecular flexibility index (Phi) is 6.80. The first-order valence-corrected chi connectivity index (χ1v) is 8.59. The van der Waals surface area contributed by atoms with Crippen molar-refractivity contribution in [1.82, 2.24) is 25.1 Å². The van der Waals surface area contributed by atoms with Gasteiger partial charge in [0.2, 0.25) is 5.91 Å². The zero-order chi connectivity index (χ0) is 18.2. The van der Waals surface area contributed by atoms with Gasteiger partial charge in [0.15, 0.2) is 5.96 Å². The second kappa shape index (κ2) is 9.05. The quantitative estimate of drug-likeness (QED) is 0.452. The predicted molar refractivity (Wildman–Crippen MR) is 102 cm³/mol. The van der Waals surface area contributed by atoms with Gasteiger partial charge in [-0.25, -0.2) is 4.98 Å². The second-order valence-electron chi connectivity index (χ2n) is 6.12. The maximum Gasteiger partial charge on any atom is 0.223 e. The molecule has 1 aromatic carbocycles. The number of hydrogen-bond donors (Lipinski definition) is 2. The van der Waals surface area contributed by atoms with Gasteiger partial charge >= 0.3 is 0 Å². The number of nitrogens with zero attached hydrogens (tertiary/aromatic N) is 4. The maximum atomic E-state index is 11.6. The molecule has 0 aliphatic carbocycles. The molecule has 0 unspecified atom stereocenters. The molecule has 2 rings (SSSR count). The number of aryl methyl sites for hydroxylation is 2. The molecular formula is C18H28N6O. The van der Waals surface area contributed by atoms with Crippen LogP contribution in [0.5, 0.6) is 0 Å². The molecule has 0 bridgehead atoms. The maximum absolute atomic E-state index is 11.6. The van der Waals surface area contributed by atoms with Crippen LogP contribution in [0.2, 0.25) is 0 Å². The van der Waals surface area contributed by atoms with Crippen LogP contribution in [0.3, 0.4) is 0 Å². The number of fused-ring (bicyclic) bond motifs is 1. The van der Waals surface area contributed by atoms with Gasteiger partial charge in [0.1, 0.15) is 5.82 Å². The number of rotatable bonds is 7. The van der Waals surface area contributed by atoms with Crippen molar-refractivity contribution >= 4 is 22.9 Å². The Labute approximate surface area is 149 Å². The van der Waals surface area contributed by atoms with E-state index in [9.17, 15) is 4.79 Å². The fourth-order valence-electron chi connectivity index (χ4n) is 2.65. The highest BCUT2D eigenvalue weighted by Crippen LogP contribution is 2.15. The molecule has 0 radical (unpaired) electrons. The molecule has 0 spiro atoms. The summed E-state index contributed by atoms with van der Waals surface area (Å²) in [6.45, 7) is 4.31. The van der Waals surface area contributed by atoms with Crippen molar-refractivity contribution < 1.29 is 4.79 Å². The molecule has 136 valence electrons. The largest absolute Gasteiger partial charge is 0.356 e. The number of aromatic nitrogens is 2. The molecule has 2 N–H and O–H groups in total. The van der Waals surface area contributed by atoms with Crippen molar-refractivity contribution in [3.8, 4) is 0 Å². The van der Waals surface area contributed by atoms with E-state index in [1.165, 1.54) is 5.52 Å². The van der Waals surface area contributed by atoms with Crippen molar-refractivity contribution in [2.24, 2.45) is 4.99 Å². The number of para-hydroxylation sites is 2. The average molecular weight is 344 g/mol. The lowest BCUT2D eigenvalue weighted by molar-refractivity contribution is -0.128. The first-order chi connectivity index (χ1) is 12.0. The number of carbonyl (C=O) groups is 1. The standard InChI is InChI=1S/C18H28N6O/c1-14-22-15-8-5-6-9-16(15)24(14)13-7-11-20-18(19-2)21-12-10-17(25)23(3)4/h5-6,8-9H,7,10-13H2,1-4H3,(H2,19,20,21). The number of aliphatic imine (C=N–C) groups is 1. The van der Waals surface area contributed by atoms with E-state index < -0.39 is 0 Å². The molecule has 0 aliphatic rings. The van der Waals surface area contributed by atoms with Gasteiger partial charge in [0, 0.05) is 47.2 Å². The minimum absolute atomic E-state index is 0.102. The van der Waals surface area contributed by atoms with E-state index in [1.807, 2.05) is 25.1 Å². The molecule has 7 nitrogen and oxygen atoms in total. The molecule has 0 saturated heterocycles. The third-order valence-corrected chi connectivity index (χ3v) is 4.05. The fourth-order valence-corrected chi connectivity index (χ4v) is 2.65. The summed E-state index contributed by atoms with van der Waals surface area (Å²) >= 11 is 0. The normalized spacial score (nSPS) is 11.6. The van der Waals surface area contributed by atoms with Crippen LogP contribution >= 0.6 is 0 Å². The first-order valence-electron chi connectivity index (χ1n) is 8.59. The Morgan fingerprint density at radius 3 is 2.68 bits per heavy atom. The van der Waals surface area contributed by atoms with Gasteiger partial charge in [-0.2, -0.15) is 0 Å². The highest BCUT2D eigenvalue weighted by molar-refractivity contribution is 5.81. The minimum atomic E-state index is 0.102. The summed E-state index contributed by atoms with van der Waals surface area (Å²) in [6, 6.07) is 8.19. The van der Waals surface area contributed by atoms with Gasteiger partial charge < -0.3 is 20.1 Å². The topological polar surface area (TPSA) is 74.5 Å². The van der Waals surface area contributed by atoms with Gasteiger partial charge in [0.05, 0.1) is 11.0 Å². The summed E-state index contributed by atoms with van der Waals surface area (Å²) in [4.78, 5) is 21.9. The van der Waals surface area contributed by atoms with E-state index in [4.69, 9.17) is 0 Å². The Hall–Kier alpha value is -2.57. The van der Waals surface area contributed by atoms with Crippen LogP contribution < -0.4 is 10.6 Å². The Morgan fingerprint density at radius 1 is 1.24 bits per heavy atom. The van der Waals surface area contributed by atoms with Crippen molar-refractivity contribution in [3.05, 3.63) is 30.1 Å². The van der Waals surface area contributed by atoms with E-state index >= 15 is 0 Å². The highest BCUT2D eigenvalue weighted by Gasteiger charge is 2.07. The molecular weight excluding hydrogens is 316 g/mol. The van der Waals surface area contributed by atoms with E-state index in [2.05, 4.69) is 31.2 Å². The van der Waals surface area contributed by atoms with Crippen LogP contribution in [0.15, 0.2) is 29.3 Å². The molecule has 1 aromatic heterocycles. The summed E-state index contributed by atoms with van der Waals surface area (Å²) in [6.07, 6.45) is 1.41. The van der Waals surface area contributed by atoms with Crippen LogP contribution in [-0.2, 0) is 11.3 Å². The molecule has 0 aliphatic heterocycles. The number of carbonyl (C=O) groups excluding carboxylic acids is 1. The van der Waals surface area contributed by atoms with Crippen molar-refractivity contribution in [2.45, 2.75) is 26.3 Å². The van der Waals surface area contributed by atoms with Crippen molar-refractivity contribution in [2.75, 3.05) is 34.2 Å². The van der Waals surface area contributed by atoms with E-state index in [0.29, 0.717) is 13.0 Å². The lowest BCUT2D eigenvalue weighted by Gasteiger charge is -2.14. The zero-order valence-corrected chi connectivity index (χ0v) is 15.5. The molecule has 0 fully saturated rings. The number of benzene rings is 1. The number of nitrogens with one attached hydrogen (secondary N) is 2. The summed E-state index contributed by atoms with van der Waals surface area (Å²) in [5.41, 5.74) is 2.21. The van der Waals surface area contributed by atoms with Gasteiger partial charge in [-0.1, -0.05) is 12.1 Å². The van der Waals surface area contributed by atoms with Crippen LogP contribution in [-0.4, -0.2) is 60.6 Å². The van der Waals surface area contributed by atoms with Crippen molar-refractivity contribution in [3.63, 3.8) is 0 Å². The lowest BCUT2D eigenvalue weighted by atomic mass is 10.3. The Balaban J connectivity index is 1.75. The second-order valence-corrected chi connectivity index (χ2v) is 6.12. The molecule has 1 amide bonds. The van der Waals surface area contributed by atoms with Crippen LogP contribution in [0.1, 0.15) is 18.7 Å². The first kappa shape index (κ1) is 18.8. The summed E-state index contributed by atoms with van der Waals surface area (Å²) in [7, 11) is 5.25. The number of guanidine groups is 1. The highest BCUT2D eigenvalue weighted by atomic mass is 16.2. The number of hydrogen-bond acceptors (Lipinski definition) is 3. The fraction of sp³-hybridized carbons (Fsp3) is 0.500. The number of amides is 1. The van der Waals surface area contributed by atoms with E-state index in [-0.39, 0.29) is 5.91 Å². The van der Waals surface area contributed by atoms with E-state index in [0.717, 1.165) is 36.8 Å². The third kappa shape index (κ3) is 5.20. The third-order valence-electron chi connectivity index (χ3n) is 4.05. The minimum Gasteiger partial charge on any atom is -0.356 e. The SMILES string of the molecule is CN=C(NCCCn1c(C)nc2ccccc21)NCCC(=O)N(C)C. The summed E-state index contributed by atoms with van der Waals surface area (Å²) in [5, 5.41) is 6.44. The van der Waals surface area contributed by atoms with Crippen molar-refractivity contribution in [1.29, 1.82) is 0 Å². The molecule has 2 aromatic rings. The average Bonchev–Trinajstić information content (AvgIpc) is 2.92. The van der Waals surface area contributed by atoms with Crippen LogP contribution in [0, 0.1) is 6.92 Å². The van der Waals surface area contributed by atoms with E-state index in [1.54, 1.807) is 26.0 Å². The Morgan fingerprint density at radius 2 is 1.96 bits per heavy atom. The summed E-state index contributed by atoms with van der Waals surface area (Å²) < 4.78 is 2.24. The summed E-state index contributed by atoms with van der Waals surface area (Å²) in [5.74, 6) is 1.86. The smallest absolute Gasteiger partial charge is 0.223 e. The zero-order valence-electron chi connectivity index (χ0n) is 15.5. The molecule has 0 saturated carbocycles. The molecule has 7 heteroatoms. The molecule has 25 heavy (non-hydrogen) atoms. The van der Waals surface area contributed by atoms with Gasteiger partial charge in [-0.15, -0.1) is 0 Å². The van der Waals surface area contributed by atoms with Gasteiger partial charge in [-0.05, 0) is 25.5 Å². The lowest BCUT2D eigenvalue weighted by Crippen LogP contribution is -2.39. The van der Waals surface area contributed by atoms with Gasteiger partial charge in [-0.3, -0.25) is 9.79 Å². The van der Waals surface area contributed by atoms with Crippen LogP contribution in [0.4, 0.5) is 0 Å². The predicted octanol–water partition coefficient (Wildman–Crippen LogP) is 1.38. The Bertz CT molecular complexity index is 734. The molecule has 0 atom stereocenters. The van der Waals surface area contributed by atoms with Gasteiger partial charge in [0.25, 0.3) is 0 Å². The monoisotopic (exact) mass is 344 g/mol. The number of imidazole rings is 1. The van der Waals surface area contributed by atoms with Crippen LogP contribution in [0.25, 0.3) is 11.0 Å².